The molecule has 1 saturated heterocycles. The summed E-state index contributed by atoms with van der Waals surface area (Å²) in [5, 5.41) is 8.04. The zero-order valence-electron chi connectivity index (χ0n) is 13.7. The molecule has 1 aliphatic heterocycles. The molecular weight excluding hydrogens is 331 g/mol. The fourth-order valence-electron chi connectivity index (χ4n) is 3.29. The SMILES string of the molecule is CN1C(=O)CC[C@H](NCc2cc(F)cc(Cl)c2)[C@H]1c1ccnn1C. The van der Waals surface area contributed by atoms with Crippen molar-refractivity contribution in [3.8, 4) is 0 Å². The molecule has 0 unspecified atom stereocenters. The Kier molecular flexibility index (Phi) is 4.87. The summed E-state index contributed by atoms with van der Waals surface area (Å²) in [6.07, 6.45) is 2.94. The third-order valence-corrected chi connectivity index (χ3v) is 4.73. The summed E-state index contributed by atoms with van der Waals surface area (Å²) in [7, 11) is 3.68. The van der Waals surface area contributed by atoms with Gasteiger partial charge < -0.3 is 10.2 Å². The number of nitrogens with zero attached hydrogens (tertiary/aromatic N) is 3. The fraction of sp³-hybridized carbons (Fsp3) is 0.412. The minimum absolute atomic E-state index is 0.0603. The first kappa shape index (κ1) is 16.9. The highest BCUT2D eigenvalue weighted by Crippen LogP contribution is 2.30. The Labute approximate surface area is 145 Å². The van der Waals surface area contributed by atoms with Crippen LogP contribution in [0.15, 0.2) is 30.5 Å². The summed E-state index contributed by atoms with van der Waals surface area (Å²) in [4.78, 5) is 13.9. The predicted octanol–water partition coefficient (Wildman–Crippen LogP) is 2.66. The van der Waals surface area contributed by atoms with Crippen LogP contribution in [-0.4, -0.2) is 33.7 Å². The third kappa shape index (κ3) is 3.44. The van der Waals surface area contributed by atoms with Gasteiger partial charge in [-0.25, -0.2) is 4.39 Å². The van der Waals surface area contributed by atoms with Crippen molar-refractivity contribution in [1.82, 2.24) is 20.0 Å². The van der Waals surface area contributed by atoms with E-state index in [-0.39, 0.29) is 23.8 Å². The lowest BCUT2D eigenvalue weighted by Gasteiger charge is -2.39. The van der Waals surface area contributed by atoms with Crippen LogP contribution in [0, 0.1) is 5.82 Å². The van der Waals surface area contributed by atoms with Gasteiger partial charge in [0.05, 0.1) is 11.7 Å². The van der Waals surface area contributed by atoms with Crippen molar-refractivity contribution in [3.63, 3.8) is 0 Å². The van der Waals surface area contributed by atoms with Crippen LogP contribution >= 0.6 is 11.6 Å². The smallest absolute Gasteiger partial charge is 0.222 e. The van der Waals surface area contributed by atoms with E-state index >= 15 is 0 Å². The van der Waals surface area contributed by atoms with Crippen molar-refractivity contribution in [2.45, 2.75) is 31.5 Å². The van der Waals surface area contributed by atoms with Gasteiger partial charge in [0.25, 0.3) is 0 Å². The molecule has 0 radical (unpaired) electrons. The number of aryl methyl sites for hydroxylation is 1. The summed E-state index contributed by atoms with van der Waals surface area (Å²) in [6, 6.07) is 6.38. The topological polar surface area (TPSA) is 50.2 Å². The molecule has 5 nitrogen and oxygen atoms in total. The first-order chi connectivity index (χ1) is 11.5. The standard InChI is InChI=1S/C17H20ClFN4O/c1-22-16(24)4-3-14(17(22)15-5-6-21-23(15)2)20-10-11-7-12(18)9-13(19)8-11/h5-9,14,17,20H,3-4,10H2,1-2H3/t14-,17-/m0/s1. The number of likely N-dealkylation sites (N-methyl/N-ethyl adjacent to an activating group) is 1. The molecule has 0 bridgehead atoms. The third-order valence-electron chi connectivity index (χ3n) is 4.51. The van der Waals surface area contributed by atoms with E-state index in [1.165, 1.54) is 12.1 Å². The molecule has 3 rings (SSSR count). The van der Waals surface area contributed by atoms with Gasteiger partial charge in [0.2, 0.25) is 5.91 Å². The number of hydrogen-bond acceptors (Lipinski definition) is 3. The Bertz CT molecular complexity index is 728. The number of nitrogens with one attached hydrogen (secondary N) is 1. The molecule has 1 aliphatic rings. The first-order valence-corrected chi connectivity index (χ1v) is 8.25. The molecule has 1 fully saturated rings. The number of carbonyl (C=O) groups is 1. The van der Waals surface area contributed by atoms with Crippen LogP contribution in [0.5, 0.6) is 0 Å². The molecule has 2 heterocycles. The van der Waals surface area contributed by atoms with E-state index in [2.05, 4.69) is 10.4 Å². The van der Waals surface area contributed by atoms with Gasteiger partial charge in [0.1, 0.15) is 5.82 Å². The normalized spacial score (nSPS) is 21.3. The van der Waals surface area contributed by atoms with Crippen LogP contribution in [0.25, 0.3) is 0 Å². The van der Waals surface area contributed by atoms with E-state index < -0.39 is 0 Å². The Balaban J connectivity index is 1.79. The summed E-state index contributed by atoms with van der Waals surface area (Å²) in [5.74, 6) is -0.230. The van der Waals surface area contributed by atoms with Gasteiger partial charge >= 0.3 is 0 Å². The molecule has 128 valence electrons. The molecule has 0 spiro atoms. The second-order valence-corrected chi connectivity index (χ2v) is 6.57. The van der Waals surface area contributed by atoms with Gasteiger partial charge in [-0.05, 0) is 36.2 Å². The molecule has 1 aromatic heterocycles. The van der Waals surface area contributed by atoms with E-state index in [1.807, 2.05) is 20.2 Å². The molecule has 1 N–H and O–H groups in total. The number of piperidine rings is 1. The van der Waals surface area contributed by atoms with Crippen molar-refractivity contribution < 1.29 is 9.18 Å². The predicted molar refractivity (Wildman–Crippen MR) is 90.0 cm³/mol. The highest BCUT2D eigenvalue weighted by Gasteiger charge is 2.35. The maximum atomic E-state index is 13.5. The van der Waals surface area contributed by atoms with Crippen molar-refractivity contribution in [2.75, 3.05) is 7.05 Å². The van der Waals surface area contributed by atoms with E-state index in [0.717, 1.165) is 17.7 Å². The molecule has 2 aromatic rings. The Hall–Kier alpha value is -1.92. The summed E-state index contributed by atoms with van der Waals surface area (Å²) in [6.45, 7) is 0.485. The quantitative estimate of drug-likeness (QED) is 0.922. The van der Waals surface area contributed by atoms with Crippen molar-refractivity contribution >= 4 is 17.5 Å². The van der Waals surface area contributed by atoms with Gasteiger partial charge in [0.15, 0.2) is 0 Å². The van der Waals surface area contributed by atoms with E-state index in [4.69, 9.17) is 11.6 Å². The lowest BCUT2D eigenvalue weighted by molar-refractivity contribution is -0.136. The van der Waals surface area contributed by atoms with E-state index in [9.17, 15) is 9.18 Å². The minimum Gasteiger partial charge on any atom is -0.336 e. The number of rotatable bonds is 4. The molecule has 7 heteroatoms. The zero-order valence-corrected chi connectivity index (χ0v) is 14.4. The maximum absolute atomic E-state index is 13.5. The van der Waals surface area contributed by atoms with Gasteiger partial charge in [-0.3, -0.25) is 9.48 Å². The van der Waals surface area contributed by atoms with Gasteiger partial charge in [-0.1, -0.05) is 11.6 Å². The number of likely N-dealkylation sites (tertiary alicyclic amines) is 1. The van der Waals surface area contributed by atoms with Crippen molar-refractivity contribution in [2.24, 2.45) is 7.05 Å². The van der Waals surface area contributed by atoms with Gasteiger partial charge in [0, 0.05) is 44.3 Å². The zero-order chi connectivity index (χ0) is 17.3. The molecule has 1 amide bonds. The van der Waals surface area contributed by atoms with Gasteiger partial charge in [-0.2, -0.15) is 5.10 Å². The Morgan fingerprint density at radius 3 is 2.83 bits per heavy atom. The molecule has 0 aliphatic carbocycles. The highest BCUT2D eigenvalue weighted by atomic mass is 35.5. The summed E-state index contributed by atoms with van der Waals surface area (Å²) < 4.78 is 15.3. The average molecular weight is 351 g/mol. The van der Waals surface area contributed by atoms with Crippen LogP contribution in [0.1, 0.15) is 30.1 Å². The monoisotopic (exact) mass is 350 g/mol. The highest BCUT2D eigenvalue weighted by molar-refractivity contribution is 6.30. The number of aromatic nitrogens is 2. The van der Waals surface area contributed by atoms with E-state index in [1.54, 1.807) is 21.8 Å². The minimum atomic E-state index is -0.349. The number of benzene rings is 1. The second kappa shape index (κ2) is 6.91. The van der Waals surface area contributed by atoms with Gasteiger partial charge in [-0.15, -0.1) is 0 Å². The number of halogens is 2. The molecule has 1 aromatic carbocycles. The molecular formula is C17H20ClFN4O. The number of hydrogen-bond donors (Lipinski definition) is 1. The van der Waals surface area contributed by atoms with Crippen LogP contribution < -0.4 is 5.32 Å². The second-order valence-electron chi connectivity index (χ2n) is 6.13. The largest absolute Gasteiger partial charge is 0.336 e. The Morgan fingerprint density at radius 1 is 1.38 bits per heavy atom. The van der Waals surface area contributed by atoms with Crippen molar-refractivity contribution in [3.05, 3.63) is 52.6 Å². The van der Waals surface area contributed by atoms with Crippen LogP contribution in [0.2, 0.25) is 5.02 Å². The lowest BCUT2D eigenvalue weighted by Crippen LogP contribution is -2.49. The summed E-state index contributed by atoms with van der Waals surface area (Å²) >= 11 is 5.91. The number of amides is 1. The fourth-order valence-corrected chi connectivity index (χ4v) is 3.54. The van der Waals surface area contributed by atoms with Crippen LogP contribution in [0.3, 0.4) is 0 Å². The first-order valence-electron chi connectivity index (χ1n) is 7.87. The Morgan fingerprint density at radius 2 is 2.17 bits per heavy atom. The molecule has 2 atom stereocenters. The maximum Gasteiger partial charge on any atom is 0.222 e. The number of carbonyl (C=O) groups excluding carboxylic acids is 1. The lowest BCUT2D eigenvalue weighted by atomic mass is 9.93. The van der Waals surface area contributed by atoms with E-state index in [0.29, 0.717) is 18.0 Å². The molecule has 24 heavy (non-hydrogen) atoms. The average Bonchev–Trinajstić information content (AvgIpc) is 2.93. The summed E-state index contributed by atoms with van der Waals surface area (Å²) in [5.41, 5.74) is 1.75. The van der Waals surface area contributed by atoms with Crippen molar-refractivity contribution in [1.29, 1.82) is 0 Å². The van der Waals surface area contributed by atoms with Crippen LogP contribution in [0.4, 0.5) is 4.39 Å². The molecule has 0 saturated carbocycles. The van der Waals surface area contributed by atoms with Crippen LogP contribution in [-0.2, 0) is 18.4 Å².